The Hall–Kier alpha value is 0.160. The molecule has 2 N–H and O–H groups in total. The average molecular weight is 286 g/mol. The molecule has 1 rings (SSSR count). The van der Waals surface area contributed by atoms with Crippen molar-refractivity contribution in [1.29, 1.82) is 0 Å². The molecule has 1 aromatic carbocycles. The van der Waals surface area contributed by atoms with Gasteiger partial charge >= 0.3 is 0 Å². The lowest BCUT2D eigenvalue weighted by Crippen LogP contribution is -1.99. The summed E-state index contributed by atoms with van der Waals surface area (Å²) in [7, 11) is 0. The van der Waals surface area contributed by atoms with E-state index in [1.54, 1.807) is 0 Å². The molecule has 1 aromatic rings. The number of hydrogen-bond acceptors (Lipinski definition) is 2. The van der Waals surface area contributed by atoms with E-state index in [9.17, 15) is 0 Å². The zero-order valence-corrected chi connectivity index (χ0v) is 8.76. The summed E-state index contributed by atoms with van der Waals surface area (Å²) >= 11 is 2.25. The van der Waals surface area contributed by atoms with Gasteiger partial charge in [-0.2, -0.15) is 0 Å². The van der Waals surface area contributed by atoms with E-state index in [1.807, 2.05) is 24.3 Å². The highest BCUT2D eigenvalue weighted by molar-refractivity contribution is 14.1. The first-order valence-electron chi connectivity index (χ1n) is 2.89. The molecule has 0 saturated heterocycles. The first-order chi connectivity index (χ1) is 4.84. The molecule has 0 bridgehead atoms. The number of rotatable bonds is 2. The van der Waals surface area contributed by atoms with Crippen LogP contribution in [0.5, 0.6) is 0 Å². The van der Waals surface area contributed by atoms with E-state index in [2.05, 4.69) is 27.4 Å². The molecule has 0 aliphatic rings. The lowest BCUT2D eigenvalue weighted by molar-refractivity contribution is 0.123. The molecule has 0 spiro atoms. The molecule has 0 aliphatic carbocycles. The molecule has 0 amide bonds. The standard InChI is InChI=1S/C7H8INO.ClH/c8-7-4-2-1-3-6(7)5-10-9;/h1-4H,5,9H2;1H. The summed E-state index contributed by atoms with van der Waals surface area (Å²) in [6, 6.07) is 7.97. The van der Waals surface area contributed by atoms with Crippen LogP contribution in [-0.4, -0.2) is 0 Å². The van der Waals surface area contributed by atoms with Gasteiger partial charge in [0, 0.05) is 3.57 Å². The Morgan fingerprint density at radius 2 is 2.00 bits per heavy atom. The van der Waals surface area contributed by atoms with Crippen LogP contribution in [0.1, 0.15) is 5.56 Å². The molecule has 2 nitrogen and oxygen atoms in total. The maximum absolute atomic E-state index is 4.93. The molecule has 0 atom stereocenters. The van der Waals surface area contributed by atoms with Crippen LogP contribution in [0.3, 0.4) is 0 Å². The quantitative estimate of drug-likeness (QED) is 0.667. The van der Waals surface area contributed by atoms with Gasteiger partial charge in [-0.3, -0.25) is 4.84 Å². The third-order valence-electron chi connectivity index (χ3n) is 1.20. The first-order valence-corrected chi connectivity index (χ1v) is 3.97. The third-order valence-corrected chi connectivity index (χ3v) is 2.25. The van der Waals surface area contributed by atoms with Gasteiger partial charge in [-0.1, -0.05) is 18.2 Å². The fourth-order valence-electron chi connectivity index (χ4n) is 0.705. The van der Waals surface area contributed by atoms with Crippen LogP contribution in [0.15, 0.2) is 24.3 Å². The highest BCUT2D eigenvalue weighted by Crippen LogP contribution is 2.11. The van der Waals surface area contributed by atoms with Crippen molar-refractivity contribution < 1.29 is 4.84 Å². The summed E-state index contributed by atoms with van der Waals surface area (Å²) in [6.45, 7) is 0.485. The van der Waals surface area contributed by atoms with Crippen molar-refractivity contribution in [3.63, 3.8) is 0 Å². The van der Waals surface area contributed by atoms with Crippen LogP contribution in [-0.2, 0) is 11.4 Å². The minimum atomic E-state index is 0. The molecule has 0 fully saturated rings. The predicted octanol–water partition coefficient (Wildman–Crippen LogP) is 2.10. The maximum Gasteiger partial charge on any atom is 0.0940 e. The van der Waals surface area contributed by atoms with Crippen molar-refractivity contribution in [2.45, 2.75) is 6.61 Å². The third kappa shape index (κ3) is 3.37. The highest BCUT2D eigenvalue weighted by Gasteiger charge is 1.94. The summed E-state index contributed by atoms with van der Waals surface area (Å²) in [4.78, 5) is 4.50. The second-order valence-corrected chi connectivity index (χ2v) is 3.06. The maximum atomic E-state index is 4.93. The minimum absolute atomic E-state index is 0. The van der Waals surface area contributed by atoms with E-state index in [4.69, 9.17) is 5.90 Å². The Bertz CT molecular complexity index is 219. The number of benzene rings is 1. The molecular formula is C7H9ClINO. The molecule has 0 radical (unpaired) electrons. The zero-order chi connectivity index (χ0) is 7.40. The summed E-state index contributed by atoms with van der Waals surface area (Å²) in [5.74, 6) is 4.93. The fraction of sp³-hybridized carbons (Fsp3) is 0.143. The fourth-order valence-corrected chi connectivity index (χ4v) is 1.25. The van der Waals surface area contributed by atoms with E-state index >= 15 is 0 Å². The average Bonchev–Trinajstić information content (AvgIpc) is 1.94. The van der Waals surface area contributed by atoms with E-state index in [-0.39, 0.29) is 12.4 Å². The van der Waals surface area contributed by atoms with Crippen LogP contribution in [0.2, 0.25) is 0 Å². The van der Waals surface area contributed by atoms with Crippen molar-refractivity contribution in [2.75, 3.05) is 0 Å². The van der Waals surface area contributed by atoms with Crippen LogP contribution in [0.4, 0.5) is 0 Å². The summed E-state index contributed by atoms with van der Waals surface area (Å²) in [6.07, 6.45) is 0. The van der Waals surface area contributed by atoms with Crippen LogP contribution in [0.25, 0.3) is 0 Å². The molecule has 62 valence electrons. The normalized spacial score (nSPS) is 8.91. The van der Waals surface area contributed by atoms with Gasteiger partial charge in [-0.25, -0.2) is 5.90 Å². The summed E-state index contributed by atoms with van der Waals surface area (Å²) in [5.41, 5.74) is 1.13. The van der Waals surface area contributed by atoms with Crippen LogP contribution < -0.4 is 5.90 Å². The van der Waals surface area contributed by atoms with Gasteiger partial charge in [-0.05, 0) is 34.2 Å². The Labute approximate surface area is 85.6 Å². The Kier molecular flexibility index (Phi) is 5.85. The first kappa shape index (κ1) is 11.2. The minimum Gasteiger partial charge on any atom is -0.300 e. The van der Waals surface area contributed by atoms with Gasteiger partial charge < -0.3 is 0 Å². The van der Waals surface area contributed by atoms with Gasteiger partial charge in [-0.15, -0.1) is 12.4 Å². The van der Waals surface area contributed by atoms with Crippen molar-refractivity contribution in [2.24, 2.45) is 5.90 Å². The van der Waals surface area contributed by atoms with E-state index in [0.717, 1.165) is 5.56 Å². The molecule has 0 aromatic heterocycles. The van der Waals surface area contributed by atoms with Crippen LogP contribution in [0, 0.1) is 3.57 Å². The van der Waals surface area contributed by atoms with Gasteiger partial charge in [0.05, 0.1) is 6.61 Å². The van der Waals surface area contributed by atoms with Crippen LogP contribution >= 0.6 is 35.0 Å². The largest absolute Gasteiger partial charge is 0.300 e. The van der Waals surface area contributed by atoms with Gasteiger partial charge in [0.15, 0.2) is 0 Å². The van der Waals surface area contributed by atoms with E-state index in [0.29, 0.717) is 6.61 Å². The van der Waals surface area contributed by atoms with Crippen molar-refractivity contribution in [3.05, 3.63) is 33.4 Å². The second kappa shape index (κ2) is 5.77. The second-order valence-electron chi connectivity index (χ2n) is 1.90. The monoisotopic (exact) mass is 285 g/mol. The molecular weight excluding hydrogens is 276 g/mol. The molecule has 0 aliphatic heterocycles. The van der Waals surface area contributed by atoms with Crippen molar-refractivity contribution >= 4 is 35.0 Å². The molecule has 0 unspecified atom stereocenters. The zero-order valence-electron chi connectivity index (χ0n) is 5.79. The van der Waals surface area contributed by atoms with Crippen molar-refractivity contribution in [3.8, 4) is 0 Å². The number of hydrogen-bond donors (Lipinski definition) is 1. The smallest absolute Gasteiger partial charge is 0.0940 e. The predicted molar refractivity (Wildman–Crippen MR) is 55.4 cm³/mol. The van der Waals surface area contributed by atoms with Gasteiger partial charge in [0.1, 0.15) is 0 Å². The summed E-state index contributed by atoms with van der Waals surface area (Å²) in [5, 5.41) is 0. The summed E-state index contributed by atoms with van der Waals surface area (Å²) < 4.78 is 1.19. The van der Waals surface area contributed by atoms with Gasteiger partial charge in [0.25, 0.3) is 0 Å². The molecule has 11 heavy (non-hydrogen) atoms. The molecule has 0 heterocycles. The highest BCUT2D eigenvalue weighted by atomic mass is 127. The van der Waals surface area contributed by atoms with E-state index in [1.165, 1.54) is 3.57 Å². The molecule has 4 heteroatoms. The topological polar surface area (TPSA) is 35.2 Å². The molecule has 0 saturated carbocycles. The van der Waals surface area contributed by atoms with Gasteiger partial charge in [0.2, 0.25) is 0 Å². The van der Waals surface area contributed by atoms with E-state index < -0.39 is 0 Å². The number of nitrogens with two attached hydrogens (primary N) is 1. The lowest BCUT2D eigenvalue weighted by Gasteiger charge is -1.99. The number of halogens is 2. The Morgan fingerprint density at radius 3 is 2.55 bits per heavy atom. The Balaban J connectivity index is 0.000001000. The Morgan fingerprint density at radius 1 is 1.36 bits per heavy atom. The SMILES string of the molecule is Cl.NOCc1ccccc1I. The van der Waals surface area contributed by atoms with Crippen molar-refractivity contribution in [1.82, 2.24) is 0 Å². The lowest BCUT2D eigenvalue weighted by atomic mass is 10.2.